The number of piperazine rings is 1. The van der Waals surface area contributed by atoms with E-state index in [4.69, 9.17) is 14.2 Å². The molecular formula is C24H30N2O5. The van der Waals surface area contributed by atoms with Gasteiger partial charge in [0, 0.05) is 31.9 Å². The summed E-state index contributed by atoms with van der Waals surface area (Å²) in [6.45, 7) is 8.94. The molecule has 2 aromatic rings. The van der Waals surface area contributed by atoms with Crippen molar-refractivity contribution in [1.29, 1.82) is 0 Å². The number of rotatable bonds is 7. The molecule has 0 saturated carbocycles. The predicted molar refractivity (Wildman–Crippen MR) is 119 cm³/mol. The molecule has 0 atom stereocenters. The van der Waals surface area contributed by atoms with Gasteiger partial charge in [-0.25, -0.2) is 4.79 Å². The van der Waals surface area contributed by atoms with E-state index in [1.54, 1.807) is 23.1 Å². The van der Waals surface area contributed by atoms with Crippen LogP contribution in [-0.4, -0.2) is 63.3 Å². The van der Waals surface area contributed by atoms with E-state index >= 15 is 0 Å². The summed E-state index contributed by atoms with van der Waals surface area (Å²) in [6, 6.07) is 11.1. The van der Waals surface area contributed by atoms with Gasteiger partial charge < -0.3 is 24.0 Å². The molecule has 166 valence electrons. The minimum Gasteiger partial charge on any atom is -0.493 e. The van der Waals surface area contributed by atoms with E-state index in [1.807, 2.05) is 6.92 Å². The first-order chi connectivity index (χ1) is 14.9. The standard InChI is InChI=1S/C24H30N2O5/c1-5-30-22-15-19(9-10-21(22)29-4)24(28)31-16-23(27)26-13-11-25(12-14-26)20-8-6-7-17(2)18(20)3/h6-10,15H,5,11-14,16H2,1-4H3. The molecule has 1 fully saturated rings. The Hall–Kier alpha value is -3.22. The summed E-state index contributed by atoms with van der Waals surface area (Å²) < 4.78 is 16.0. The molecule has 0 aromatic heterocycles. The third-order valence-electron chi connectivity index (χ3n) is 5.58. The molecule has 1 amide bonds. The number of esters is 1. The molecule has 3 rings (SSSR count). The quantitative estimate of drug-likeness (QED) is 0.634. The van der Waals surface area contributed by atoms with Gasteiger partial charge in [-0.15, -0.1) is 0 Å². The monoisotopic (exact) mass is 426 g/mol. The number of methoxy groups -OCH3 is 1. The maximum atomic E-state index is 12.6. The number of anilines is 1. The highest BCUT2D eigenvalue weighted by molar-refractivity contribution is 5.92. The van der Waals surface area contributed by atoms with Crippen molar-refractivity contribution in [2.75, 3.05) is 51.4 Å². The zero-order chi connectivity index (χ0) is 22.4. The van der Waals surface area contributed by atoms with Crippen molar-refractivity contribution in [2.24, 2.45) is 0 Å². The topological polar surface area (TPSA) is 68.3 Å². The molecule has 0 N–H and O–H groups in total. The fraction of sp³-hybridized carbons (Fsp3) is 0.417. The Morgan fingerprint density at radius 3 is 2.42 bits per heavy atom. The van der Waals surface area contributed by atoms with Crippen LogP contribution >= 0.6 is 0 Å². The van der Waals surface area contributed by atoms with E-state index in [2.05, 4.69) is 36.9 Å². The Balaban J connectivity index is 1.53. The molecule has 7 heteroatoms. The molecule has 7 nitrogen and oxygen atoms in total. The van der Waals surface area contributed by atoms with Crippen molar-refractivity contribution in [3.63, 3.8) is 0 Å². The van der Waals surface area contributed by atoms with Crippen molar-refractivity contribution in [2.45, 2.75) is 20.8 Å². The van der Waals surface area contributed by atoms with Crippen molar-refractivity contribution < 1.29 is 23.8 Å². The summed E-state index contributed by atoms with van der Waals surface area (Å²) in [4.78, 5) is 29.0. The Bertz CT molecular complexity index is 936. The van der Waals surface area contributed by atoms with Crippen molar-refractivity contribution in [3.8, 4) is 11.5 Å². The van der Waals surface area contributed by atoms with Crippen LogP contribution in [0.2, 0.25) is 0 Å². The number of aryl methyl sites for hydroxylation is 1. The lowest BCUT2D eigenvalue weighted by Gasteiger charge is -2.37. The lowest BCUT2D eigenvalue weighted by molar-refractivity contribution is -0.134. The van der Waals surface area contributed by atoms with Gasteiger partial charge in [-0.05, 0) is 56.2 Å². The number of hydrogen-bond donors (Lipinski definition) is 0. The largest absolute Gasteiger partial charge is 0.493 e. The first-order valence-electron chi connectivity index (χ1n) is 10.5. The zero-order valence-corrected chi connectivity index (χ0v) is 18.6. The van der Waals surface area contributed by atoms with E-state index in [0.29, 0.717) is 36.8 Å². The number of benzene rings is 2. The third-order valence-corrected chi connectivity index (χ3v) is 5.58. The predicted octanol–water partition coefficient (Wildman–Crippen LogP) is 3.22. The number of carbonyl (C=O) groups excluding carboxylic acids is 2. The maximum absolute atomic E-state index is 12.6. The molecule has 0 unspecified atom stereocenters. The van der Waals surface area contributed by atoms with Crippen LogP contribution in [0.3, 0.4) is 0 Å². The van der Waals surface area contributed by atoms with Gasteiger partial charge in [-0.2, -0.15) is 0 Å². The molecule has 0 aliphatic carbocycles. The highest BCUT2D eigenvalue weighted by Crippen LogP contribution is 2.28. The molecular weight excluding hydrogens is 396 g/mol. The van der Waals surface area contributed by atoms with E-state index in [9.17, 15) is 9.59 Å². The number of amides is 1. The molecule has 1 saturated heterocycles. The Labute approximate surface area is 183 Å². The van der Waals surface area contributed by atoms with Gasteiger partial charge in [0.25, 0.3) is 5.91 Å². The van der Waals surface area contributed by atoms with Crippen LogP contribution < -0.4 is 14.4 Å². The van der Waals surface area contributed by atoms with Crippen LogP contribution in [-0.2, 0) is 9.53 Å². The number of hydrogen-bond acceptors (Lipinski definition) is 6. The van der Waals surface area contributed by atoms with Gasteiger partial charge in [0.2, 0.25) is 0 Å². The Morgan fingerprint density at radius 1 is 1.00 bits per heavy atom. The van der Waals surface area contributed by atoms with Gasteiger partial charge >= 0.3 is 5.97 Å². The van der Waals surface area contributed by atoms with E-state index in [-0.39, 0.29) is 12.5 Å². The fourth-order valence-electron chi connectivity index (χ4n) is 3.65. The normalized spacial score (nSPS) is 13.7. The Kier molecular flexibility index (Phi) is 7.39. The van der Waals surface area contributed by atoms with Gasteiger partial charge in [-0.1, -0.05) is 12.1 Å². The van der Waals surface area contributed by atoms with Crippen molar-refractivity contribution >= 4 is 17.6 Å². The highest BCUT2D eigenvalue weighted by atomic mass is 16.5. The average molecular weight is 427 g/mol. The van der Waals surface area contributed by atoms with Crippen LogP contribution in [0.1, 0.15) is 28.4 Å². The molecule has 1 heterocycles. The average Bonchev–Trinajstić information content (AvgIpc) is 2.79. The van der Waals surface area contributed by atoms with E-state index in [0.717, 1.165) is 13.1 Å². The van der Waals surface area contributed by atoms with Gasteiger partial charge in [0.05, 0.1) is 19.3 Å². The first-order valence-corrected chi connectivity index (χ1v) is 10.5. The molecule has 1 aliphatic rings. The lowest BCUT2D eigenvalue weighted by Crippen LogP contribution is -2.50. The second-order valence-corrected chi connectivity index (χ2v) is 7.46. The summed E-state index contributed by atoms with van der Waals surface area (Å²) in [7, 11) is 1.54. The highest BCUT2D eigenvalue weighted by Gasteiger charge is 2.23. The summed E-state index contributed by atoms with van der Waals surface area (Å²) in [5.74, 6) is 0.253. The van der Waals surface area contributed by atoms with Gasteiger partial charge in [-0.3, -0.25) is 4.79 Å². The van der Waals surface area contributed by atoms with Crippen molar-refractivity contribution in [3.05, 3.63) is 53.1 Å². The summed E-state index contributed by atoms with van der Waals surface area (Å²) in [5.41, 5.74) is 4.05. The Morgan fingerprint density at radius 2 is 1.74 bits per heavy atom. The molecule has 1 aliphatic heterocycles. The third kappa shape index (κ3) is 5.29. The van der Waals surface area contributed by atoms with Crippen LogP contribution in [0, 0.1) is 13.8 Å². The maximum Gasteiger partial charge on any atom is 0.338 e. The van der Waals surface area contributed by atoms with Gasteiger partial charge in [0.1, 0.15) is 0 Å². The minimum absolute atomic E-state index is 0.187. The second kappa shape index (κ2) is 10.2. The summed E-state index contributed by atoms with van der Waals surface area (Å²) in [5, 5.41) is 0. The van der Waals surface area contributed by atoms with Crippen LogP contribution in [0.25, 0.3) is 0 Å². The summed E-state index contributed by atoms with van der Waals surface area (Å²) in [6.07, 6.45) is 0. The smallest absolute Gasteiger partial charge is 0.338 e. The summed E-state index contributed by atoms with van der Waals surface area (Å²) >= 11 is 0. The van der Waals surface area contributed by atoms with Crippen molar-refractivity contribution in [1.82, 2.24) is 4.90 Å². The zero-order valence-electron chi connectivity index (χ0n) is 18.6. The number of nitrogens with zero attached hydrogens (tertiary/aromatic N) is 2. The number of ether oxygens (including phenoxy) is 3. The lowest BCUT2D eigenvalue weighted by atomic mass is 10.1. The van der Waals surface area contributed by atoms with Crippen LogP contribution in [0.15, 0.2) is 36.4 Å². The van der Waals surface area contributed by atoms with E-state index < -0.39 is 5.97 Å². The second-order valence-electron chi connectivity index (χ2n) is 7.46. The van der Waals surface area contributed by atoms with Crippen LogP contribution in [0.5, 0.6) is 11.5 Å². The molecule has 0 radical (unpaired) electrons. The first kappa shape index (κ1) is 22.5. The molecule has 31 heavy (non-hydrogen) atoms. The molecule has 0 bridgehead atoms. The number of carbonyl (C=O) groups is 2. The van der Waals surface area contributed by atoms with E-state index in [1.165, 1.54) is 23.9 Å². The minimum atomic E-state index is -0.564. The molecule has 0 spiro atoms. The van der Waals surface area contributed by atoms with Crippen LogP contribution in [0.4, 0.5) is 5.69 Å². The SMILES string of the molecule is CCOc1cc(C(=O)OCC(=O)N2CCN(c3cccc(C)c3C)CC2)ccc1OC. The molecule has 2 aromatic carbocycles. The fourth-order valence-corrected chi connectivity index (χ4v) is 3.65. The van der Waals surface area contributed by atoms with Gasteiger partial charge in [0.15, 0.2) is 18.1 Å².